The monoisotopic (exact) mass is 648 g/mol. The van der Waals surface area contributed by atoms with E-state index in [1.165, 1.54) is 21.5 Å². The molecular formula is C40H60O5Si. The maximum absolute atomic E-state index is 7.76. The lowest BCUT2D eigenvalue weighted by Crippen LogP contribution is -2.67. The lowest BCUT2D eigenvalue weighted by molar-refractivity contribution is -0.145. The molecule has 2 aromatic rings. The van der Waals surface area contributed by atoms with E-state index in [2.05, 4.69) is 121 Å². The van der Waals surface area contributed by atoms with Gasteiger partial charge in [-0.2, -0.15) is 0 Å². The molecule has 0 N–H and O–H groups in total. The highest BCUT2D eigenvalue weighted by Gasteiger charge is 2.51. The van der Waals surface area contributed by atoms with Crippen molar-refractivity contribution in [3.63, 3.8) is 0 Å². The zero-order valence-corrected chi connectivity index (χ0v) is 31.1. The molecule has 0 unspecified atom stereocenters. The second-order valence-electron chi connectivity index (χ2n) is 14.1. The number of allylic oxidation sites excluding steroid dienone is 4. The van der Waals surface area contributed by atoms with E-state index in [1.54, 1.807) is 14.2 Å². The van der Waals surface area contributed by atoms with Crippen molar-refractivity contribution < 1.29 is 23.4 Å². The molecule has 0 aromatic heterocycles. The van der Waals surface area contributed by atoms with Crippen molar-refractivity contribution in [1.82, 2.24) is 0 Å². The van der Waals surface area contributed by atoms with Gasteiger partial charge < -0.3 is 23.4 Å². The van der Waals surface area contributed by atoms with Crippen molar-refractivity contribution >= 4 is 18.7 Å². The minimum absolute atomic E-state index is 0.108. The zero-order valence-electron chi connectivity index (χ0n) is 30.1. The highest BCUT2D eigenvalue weighted by molar-refractivity contribution is 6.99. The maximum atomic E-state index is 7.76. The summed E-state index contributed by atoms with van der Waals surface area (Å²) in [5, 5.41) is 2.44. The summed E-state index contributed by atoms with van der Waals surface area (Å²) in [6.45, 7) is 21.4. The number of benzene rings is 2. The Morgan fingerprint density at radius 2 is 1.41 bits per heavy atom. The van der Waals surface area contributed by atoms with E-state index in [4.69, 9.17) is 23.4 Å². The molecule has 5 nitrogen and oxygen atoms in total. The van der Waals surface area contributed by atoms with Crippen LogP contribution in [0.15, 0.2) is 96.1 Å². The van der Waals surface area contributed by atoms with Crippen LogP contribution in [0.2, 0.25) is 5.04 Å². The van der Waals surface area contributed by atoms with Gasteiger partial charge in [-0.25, -0.2) is 0 Å². The predicted molar refractivity (Wildman–Crippen MR) is 194 cm³/mol. The van der Waals surface area contributed by atoms with Gasteiger partial charge in [0.1, 0.15) is 0 Å². The van der Waals surface area contributed by atoms with Crippen LogP contribution in [0.5, 0.6) is 0 Å². The zero-order chi connectivity index (χ0) is 33.8. The largest absolute Gasteiger partial charge is 0.401 e. The normalized spacial score (nSPS) is 17.3. The van der Waals surface area contributed by atoms with Crippen LogP contribution in [0, 0.1) is 5.92 Å². The van der Waals surface area contributed by atoms with Crippen molar-refractivity contribution in [2.45, 2.75) is 110 Å². The topological polar surface area (TPSA) is 46.2 Å². The van der Waals surface area contributed by atoms with Gasteiger partial charge in [0.15, 0.2) is 12.1 Å². The van der Waals surface area contributed by atoms with E-state index < -0.39 is 14.1 Å². The van der Waals surface area contributed by atoms with Crippen LogP contribution in [-0.4, -0.2) is 53.9 Å². The van der Waals surface area contributed by atoms with Crippen LogP contribution in [0.3, 0.4) is 0 Å². The lowest BCUT2D eigenvalue weighted by atomic mass is 9.89. The highest BCUT2D eigenvalue weighted by Crippen LogP contribution is 2.40. The Morgan fingerprint density at radius 1 is 0.870 bits per heavy atom. The Hall–Kier alpha value is -2.32. The molecule has 6 heteroatoms. The van der Waals surface area contributed by atoms with Crippen molar-refractivity contribution in [2.24, 2.45) is 5.92 Å². The van der Waals surface area contributed by atoms with E-state index in [-0.39, 0.29) is 23.4 Å². The smallest absolute Gasteiger partial charge is 0.261 e. The SMILES string of the molecule is C=C(C)[C@@H](CC(OC)OC)C[C@H](O[Si](c1ccccc1)(c1ccccc1)C(C)(C)C)/C(C)=C/CC/C(C)=C/CCC1(C)OCCO1. The highest BCUT2D eigenvalue weighted by atomic mass is 28.4. The van der Waals surface area contributed by atoms with Gasteiger partial charge in [-0.1, -0.05) is 111 Å². The van der Waals surface area contributed by atoms with Crippen molar-refractivity contribution in [3.8, 4) is 0 Å². The maximum Gasteiger partial charge on any atom is 0.261 e. The fourth-order valence-electron chi connectivity index (χ4n) is 6.55. The van der Waals surface area contributed by atoms with Gasteiger partial charge in [-0.05, 0) is 80.3 Å². The van der Waals surface area contributed by atoms with Crippen molar-refractivity contribution in [3.05, 3.63) is 96.1 Å². The number of rotatable bonds is 18. The lowest BCUT2D eigenvalue weighted by Gasteiger charge is -2.46. The summed E-state index contributed by atoms with van der Waals surface area (Å²) in [6.07, 6.45) is 9.63. The molecule has 1 fully saturated rings. The molecule has 254 valence electrons. The number of hydrogen-bond acceptors (Lipinski definition) is 5. The molecule has 0 spiro atoms. The van der Waals surface area contributed by atoms with Gasteiger partial charge in [0.05, 0.1) is 19.3 Å². The van der Waals surface area contributed by atoms with Gasteiger partial charge in [0.2, 0.25) is 0 Å². The number of ether oxygens (including phenoxy) is 4. The second-order valence-corrected chi connectivity index (χ2v) is 18.3. The molecular weight excluding hydrogens is 589 g/mol. The first-order chi connectivity index (χ1) is 21.8. The van der Waals surface area contributed by atoms with Crippen LogP contribution in [-0.2, 0) is 23.4 Å². The molecule has 0 bridgehead atoms. The van der Waals surface area contributed by atoms with Crippen LogP contribution >= 0.6 is 0 Å². The van der Waals surface area contributed by atoms with Gasteiger partial charge in [0.25, 0.3) is 8.32 Å². The molecule has 1 aliphatic rings. The minimum Gasteiger partial charge on any atom is -0.401 e. The molecule has 2 aromatic carbocycles. The summed E-state index contributed by atoms with van der Waals surface area (Å²) >= 11 is 0. The molecule has 0 amide bonds. The Balaban J connectivity index is 1.97. The summed E-state index contributed by atoms with van der Waals surface area (Å²) in [7, 11) is 0.607. The van der Waals surface area contributed by atoms with Gasteiger partial charge in [-0.15, -0.1) is 0 Å². The molecule has 1 aliphatic heterocycles. The molecule has 2 atom stereocenters. The Labute approximate surface area is 281 Å². The predicted octanol–water partition coefficient (Wildman–Crippen LogP) is 8.74. The third-order valence-corrected chi connectivity index (χ3v) is 14.5. The summed E-state index contributed by atoms with van der Waals surface area (Å²) in [5.74, 6) is -0.275. The van der Waals surface area contributed by atoms with Gasteiger partial charge >= 0.3 is 0 Å². The van der Waals surface area contributed by atoms with Gasteiger partial charge in [-0.3, -0.25) is 0 Å². The molecule has 0 aliphatic carbocycles. The fraction of sp³-hybridized carbons (Fsp3) is 0.550. The van der Waals surface area contributed by atoms with E-state index in [0.717, 1.165) is 44.1 Å². The van der Waals surface area contributed by atoms with Crippen LogP contribution < -0.4 is 10.4 Å². The van der Waals surface area contributed by atoms with Crippen molar-refractivity contribution in [2.75, 3.05) is 27.4 Å². The third-order valence-electron chi connectivity index (χ3n) is 9.44. The van der Waals surface area contributed by atoms with E-state index >= 15 is 0 Å². The van der Waals surface area contributed by atoms with Crippen LogP contribution in [0.1, 0.15) is 87.0 Å². The molecule has 46 heavy (non-hydrogen) atoms. The first-order valence-electron chi connectivity index (χ1n) is 16.9. The number of hydrogen-bond donors (Lipinski definition) is 0. The van der Waals surface area contributed by atoms with Gasteiger partial charge in [0, 0.05) is 27.1 Å². The summed E-state index contributed by atoms with van der Waals surface area (Å²) in [6, 6.07) is 21.8. The first kappa shape index (κ1) is 38.1. The Bertz CT molecular complexity index is 1210. The molecule has 1 heterocycles. The summed E-state index contributed by atoms with van der Waals surface area (Å²) in [4.78, 5) is 0. The molecule has 3 rings (SSSR count). The van der Waals surface area contributed by atoms with E-state index in [1.807, 2.05) is 6.92 Å². The first-order valence-corrected chi connectivity index (χ1v) is 18.9. The second kappa shape index (κ2) is 17.7. The fourth-order valence-corrected chi connectivity index (χ4v) is 11.3. The van der Waals surface area contributed by atoms with Crippen molar-refractivity contribution in [1.29, 1.82) is 0 Å². The van der Waals surface area contributed by atoms with E-state index in [9.17, 15) is 0 Å². The minimum atomic E-state index is -2.80. The standard InChI is InChI=1S/C40H60O5Si/c1-31(2)34(30-38(41-9)42-10)29-37(33(4)21-17-19-32(3)20-18-26-40(8)43-27-28-44-40)45-46(39(5,6)7,35-22-13-11-14-23-35)36-24-15-12-16-25-36/h11-16,20-25,34,37-38H,1,17-19,26-30H2,2-10H3/b32-20+,33-21+/t34-,37+/m1/s1. The molecule has 0 radical (unpaired) electrons. The van der Waals surface area contributed by atoms with Crippen LogP contribution in [0.25, 0.3) is 0 Å². The average Bonchev–Trinajstić information content (AvgIpc) is 3.47. The molecule has 1 saturated heterocycles. The summed E-state index contributed by atoms with van der Waals surface area (Å²) < 4.78 is 30.6. The van der Waals surface area contributed by atoms with Crippen LogP contribution in [0.4, 0.5) is 0 Å². The number of methoxy groups -OCH3 is 2. The summed E-state index contributed by atoms with van der Waals surface area (Å²) in [5.41, 5.74) is 3.77. The Kier molecular flexibility index (Phi) is 14.7. The Morgan fingerprint density at radius 3 is 1.89 bits per heavy atom. The van der Waals surface area contributed by atoms with E-state index in [0.29, 0.717) is 13.2 Å². The molecule has 0 saturated carbocycles. The third kappa shape index (κ3) is 10.3. The average molecular weight is 649 g/mol. The quantitative estimate of drug-likeness (QED) is 0.0919.